The molecule has 2 unspecified atom stereocenters. The number of carbonyl (C=O) groups excluding carboxylic acids is 4. The molecule has 0 radical (unpaired) electrons. The van der Waals surface area contributed by atoms with Crippen LogP contribution >= 0.6 is 15.6 Å². The maximum absolute atomic E-state index is 13.1. The monoisotopic (exact) mass is 1540 g/mol. The van der Waals surface area contributed by atoms with Crippen molar-refractivity contribution >= 4 is 39.5 Å². The third kappa shape index (κ3) is 79.9. The highest BCUT2D eigenvalue weighted by Crippen LogP contribution is 2.45. The smallest absolute Gasteiger partial charge is 0.462 e. The summed E-state index contributed by atoms with van der Waals surface area (Å²) in [6, 6.07) is 0. The van der Waals surface area contributed by atoms with Crippen LogP contribution in [0.2, 0.25) is 0 Å². The Hall–Kier alpha value is -1.94. The molecule has 0 aliphatic carbocycles. The lowest BCUT2D eigenvalue weighted by Crippen LogP contribution is -2.30. The van der Waals surface area contributed by atoms with Gasteiger partial charge >= 0.3 is 39.5 Å². The summed E-state index contributed by atoms with van der Waals surface area (Å²) < 4.78 is 68.9. The number of hydrogen-bond donors (Lipinski definition) is 3. The van der Waals surface area contributed by atoms with Crippen molar-refractivity contribution in [2.75, 3.05) is 39.6 Å². The van der Waals surface area contributed by atoms with E-state index in [9.17, 15) is 43.2 Å². The van der Waals surface area contributed by atoms with E-state index >= 15 is 0 Å². The van der Waals surface area contributed by atoms with Gasteiger partial charge in [0.2, 0.25) is 0 Å². The molecule has 0 amide bonds. The summed E-state index contributed by atoms with van der Waals surface area (Å²) in [5, 5.41) is 10.7. The molecular formula is C86H168O17P2. The van der Waals surface area contributed by atoms with E-state index < -0.39 is 97.5 Å². The van der Waals surface area contributed by atoms with Gasteiger partial charge in [0.05, 0.1) is 26.4 Å². The second-order valence-corrected chi connectivity index (χ2v) is 34.3. The maximum Gasteiger partial charge on any atom is 0.472 e. The zero-order chi connectivity index (χ0) is 76.9. The van der Waals surface area contributed by atoms with E-state index in [1.807, 2.05) is 0 Å². The lowest BCUT2D eigenvalue weighted by Gasteiger charge is -2.21. The summed E-state index contributed by atoms with van der Waals surface area (Å²) in [7, 11) is -9.93. The molecule has 5 atom stereocenters. The average Bonchev–Trinajstić information content (AvgIpc) is 0.923. The van der Waals surface area contributed by atoms with Crippen molar-refractivity contribution in [2.24, 2.45) is 5.92 Å². The van der Waals surface area contributed by atoms with Crippen LogP contribution in [0.3, 0.4) is 0 Å². The van der Waals surface area contributed by atoms with Crippen LogP contribution in [-0.2, 0) is 65.4 Å². The van der Waals surface area contributed by atoms with Crippen LogP contribution in [0.15, 0.2) is 0 Å². The van der Waals surface area contributed by atoms with Gasteiger partial charge in [0.15, 0.2) is 12.2 Å². The van der Waals surface area contributed by atoms with Crippen molar-refractivity contribution in [1.29, 1.82) is 0 Å². The topological polar surface area (TPSA) is 237 Å². The number of phosphoric ester groups is 2. The van der Waals surface area contributed by atoms with Crippen LogP contribution in [0.25, 0.3) is 0 Å². The second kappa shape index (κ2) is 78.7. The fraction of sp³-hybridized carbons (Fsp3) is 0.953. The number of esters is 4. The van der Waals surface area contributed by atoms with E-state index in [4.69, 9.17) is 37.0 Å². The maximum atomic E-state index is 13.1. The van der Waals surface area contributed by atoms with Crippen molar-refractivity contribution in [2.45, 2.75) is 483 Å². The predicted molar refractivity (Wildman–Crippen MR) is 432 cm³/mol. The van der Waals surface area contributed by atoms with Gasteiger partial charge in [-0.3, -0.25) is 37.3 Å². The van der Waals surface area contributed by atoms with Gasteiger partial charge in [0.25, 0.3) is 0 Å². The lowest BCUT2D eigenvalue weighted by molar-refractivity contribution is -0.161. The zero-order valence-corrected chi connectivity index (χ0v) is 70.7. The van der Waals surface area contributed by atoms with Crippen LogP contribution < -0.4 is 0 Å². The predicted octanol–water partition coefficient (Wildman–Crippen LogP) is 26.4. The quantitative estimate of drug-likeness (QED) is 0.0222. The SMILES string of the molecule is CCCCCCCCCCCCCCCCCCCCCCCC(=O)O[C@H](COC(=O)CCCCCCCCCCCCCCCCCCCC)COP(=O)(O)OC[C@@H](O)COP(=O)(O)OC[C@@H](COC(=O)CCCCCCCCCC(C)C)OC(=O)CCCCCCCCCCCCCCCCCC. The van der Waals surface area contributed by atoms with Crippen LogP contribution in [0.5, 0.6) is 0 Å². The van der Waals surface area contributed by atoms with E-state index in [1.165, 1.54) is 283 Å². The molecule has 0 saturated heterocycles. The van der Waals surface area contributed by atoms with E-state index in [2.05, 4.69) is 34.6 Å². The molecule has 0 aromatic carbocycles. The molecule has 0 aromatic rings. The van der Waals surface area contributed by atoms with Crippen LogP contribution in [0.4, 0.5) is 0 Å². The number of hydrogen-bond acceptors (Lipinski definition) is 15. The third-order valence-electron chi connectivity index (χ3n) is 20.3. The molecule has 0 saturated carbocycles. The van der Waals surface area contributed by atoms with Crippen molar-refractivity contribution in [3.63, 3.8) is 0 Å². The average molecular weight is 1540 g/mol. The van der Waals surface area contributed by atoms with Gasteiger partial charge < -0.3 is 33.8 Å². The third-order valence-corrected chi connectivity index (χ3v) is 22.2. The molecule has 17 nitrogen and oxygen atoms in total. The van der Waals surface area contributed by atoms with Crippen LogP contribution in [-0.4, -0.2) is 96.7 Å². The molecule has 0 rings (SSSR count). The highest BCUT2D eigenvalue weighted by atomic mass is 31.2. The van der Waals surface area contributed by atoms with Gasteiger partial charge in [-0.25, -0.2) is 9.13 Å². The van der Waals surface area contributed by atoms with E-state index in [1.54, 1.807) is 0 Å². The van der Waals surface area contributed by atoms with Gasteiger partial charge in [0.1, 0.15) is 19.3 Å². The number of aliphatic hydroxyl groups is 1. The Labute approximate surface area is 645 Å². The lowest BCUT2D eigenvalue weighted by atomic mass is 10.0. The Balaban J connectivity index is 5.22. The first-order valence-electron chi connectivity index (χ1n) is 44.6. The summed E-state index contributed by atoms with van der Waals surface area (Å²) in [6.45, 7) is 7.31. The molecule has 0 aliphatic heterocycles. The number of unbranched alkanes of at least 4 members (excludes halogenated alkanes) is 58. The molecule has 0 fully saturated rings. The molecule has 0 aromatic heterocycles. The second-order valence-electron chi connectivity index (χ2n) is 31.4. The van der Waals surface area contributed by atoms with Crippen molar-refractivity contribution in [3.05, 3.63) is 0 Å². The van der Waals surface area contributed by atoms with Gasteiger partial charge in [-0.2, -0.15) is 0 Å². The minimum atomic E-state index is -4.97. The summed E-state index contributed by atoms with van der Waals surface area (Å²) in [4.78, 5) is 73.2. The Morgan fingerprint density at radius 1 is 0.257 bits per heavy atom. The van der Waals surface area contributed by atoms with Gasteiger partial charge in [-0.05, 0) is 31.6 Å². The molecule has 624 valence electrons. The largest absolute Gasteiger partial charge is 0.472 e. The highest BCUT2D eigenvalue weighted by Gasteiger charge is 2.30. The first kappa shape index (κ1) is 103. The summed E-state index contributed by atoms with van der Waals surface area (Å²) in [5.74, 6) is -1.40. The molecule has 0 spiro atoms. The zero-order valence-electron chi connectivity index (χ0n) is 68.9. The Morgan fingerprint density at radius 3 is 0.648 bits per heavy atom. The van der Waals surface area contributed by atoms with Crippen molar-refractivity contribution in [3.8, 4) is 0 Å². The number of aliphatic hydroxyl groups excluding tert-OH is 1. The summed E-state index contributed by atoms with van der Waals surface area (Å²) >= 11 is 0. The Morgan fingerprint density at radius 2 is 0.438 bits per heavy atom. The number of rotatable bonds is 86. The van der Waals surface area contributed by atoms with E-state index in [-0.39, 0.29) is 25.7 Å². The molecule has 19 heteroatoms. The number of carbonyl (C=O) groups is 4. The fourth-order valence-electron chi connectivity index (χ4n) is 13.5. The van der Waals surface area contributed by atoms with E-state index in [0.29, 0.717) is 31.6 Å². The highest BCUT2D eigenvalue weighted by molar-refractivity contribution is 7.47. The minimum absolute atomic E-state index is 0.108. The van der Waals surface area contributed by atoms with Gasteiger partial charge in [-0.1, -0.05) is 413 Å². The Kier molecular flexibility index (Phi) is 77.3. The molecule has 0 heterocycles. The van der Waals surface area contributed by atoms with Gasteiger partial charge in [0, 0.05) is 25.7 Å². The van der Waals surface area contributed by atoms with Gasteiger partial charge in [-0.15, -0.1) is 0 Å². The molecule has 105 heavy (non-hydrogen) atoms. The first-order chi connectivity index (χ1) is 51.0. The molecular weight excluding hydrogens is 1370 g/mol. The standard InChI is InChI=1S/C86H168O17P2/c1-6-9-12-15-18-21-24-27-30-33-35-36-37-39-42-45-48-51-56-62-67-71-85(90)102-81(75-96-83(88)69-64-59-54-49-46-43-41-38-34-31-28-25-22-19-16-13-10-7-2)77-100-104(92,93)98-73-80(87)74-99-105(94,95)101-78-82(76-97-84(89)70-65-60-57-52-53-58-63-68-79(4)5)103-86(91)72-66-61-55-50-47-44-40-32-29-26-23-20-17-14-11-8-3/h79-82,87H,6-78H2,1-5H3,(H,92,93)(H,94,95)/t80-,81-,82-/m1/s1. The minimum Gasteiger partial charge on any atom is -0.462 e. The summed E-state index contributed by atoms with van der Waals surface area (Å²) in [5.41, 5.74) is 0. The van der Waals surface area contributed by atoms with E-state index in [0.717, 1.165) is 96.3 Å². The molecule has 3 N–H and O–H groups in total. The molecule has 0 aliphatic rings. The van der Waals surface area contributed by atoms with Crippen molar-refractivity contribution in [1.82, 2.24) is 0 Å². The first-order valence-corrected chi connectivity index (χ1v) is 47.6. The van der Waals surface area contributed by atoms with Crippen LogP contribution in [0, 0.1) is 5.92 Å². The molecule has 0 bridgehead atoms. The summed E-state index contributed by atoms with van der Waals surface area (Å²) in [6.07, 6.45) is 72.4. The van der Waals surface area contributed by atoms with Crippen LogP contribution in [0.1, 0.15) is 465 Å². The fourth-order valence-corrected chi connectivity index (χ4v) is 15.1. The Bertz CT molecular complexity index is 2000. The normalized spacial score (nSPS) is 13.8. The number of phosphoric acid groups is 2. The van der Waals surface area contributed by atoms with Crippen molar-refractivity contribution < 1.29 is 80.2 Å². The number of ether oxygens (including phenoxy) is 4.